The highest BCUT2D eigenvalue weighted by Crippen LogP contribution is 2.49. The molecule has 0 bridgehead atoms. The predicted molar refractivity (Wildman–Crippen MR) is 107 cm³/mol. The van der Waals surface area contributed by atoms with E-state index >= 15 is 0 Å². The van der Waals surface area contributed by atoms with Gasteiger partial charge in [0.2, 0.25) is 0 Å². The second kappa shape index (κ2) is 6.21. The number of fused-ring (bicyclic) bond motifs is 4. The highest BCUT2D eigenvalue weighted by molar-refractivity contribution is 6.31. The van der Waals surface area contributed by atoms with E-state index in [1.165, 1.54) is 6.07 Å². The van der Waals surface area contributed by atoms with Gasteiger partial charge in [-0.05, 0) is 47.4 Å². The molecule has 2 aliphatic rings. The number of hydrogen-bond acceptors (Lipinski definition) is 2. The van der Waals surface area contributed by atoms with E-state index in [1.807, 2.05) is 18.2 Å². The number of carbonyl (C=O) groups is 1. The van der Waals surface area contributed by atoms with Crippen molar-refractivity contribution in [1.29, 1.82) is 0 Å². The molecule has 27 heavy (non-hydrogen) atoms. The smallest absolute Gasteiger partial charge is 0.161 e. The van der Waals surface area contributed by atoms with Crippen LogP contribution in [0, 0.1) is 5.82 Å². The van der Waals surface area contributed by atoms with Crippen molar-refractivity contribution in [2.45, 2.75) is 25.3 Å². The number of halogens is 2. The van der Waals surface area contributed by atoms with Crippen LogP contribution in [0.15, 0.2) is 60.2 Å². The lowest BCUT2D eigenvalue weighted by molar-refractivity contribution is -0.116. The van der Waals surface area contributed by atoms with Crippen LogP contribution < -0.4 is 5.32 Å². The van der Waals surface area contributed by atoms with E-state index in [2.05, 4.69) is 23.5 Å². The number of rotatable bonds is 1. The third-order valence-corrected chi connectivity index (χ3v) is 5.89. The first-order chi connectivity index (χ1) is 13.1. The van der Waals surface area contributed by atoms with Gasteiger partial charge < -0.3 is 5.32 Å². The molecule has 0 spiro atoms. The standard InChI is InChI=1S/C23H17ClFNO/c24-16-8-4-9-17(25)22(16)23-21-15(7-3-10-19(21)27)20-14-6-2-1-5-13(14)11-12-18(20)26-23/h1-2,4-6,8-9,11-12,23,26H,3,7,10H2/t23-/m1/s1. The zero-order valence-corrected chi connectivity index (χ0v) is 15.3. The molecule has 1 aliphatic carbocycles. The molecule has 0 saturated heterocycles. The molecule has 1 aliphatic heterocycles. The quantitative estimate of drug-likeness (QED) is 0.538. The number of hydrogen-bond donors (Lipinski definition) is 1. The van der Waals surface area contributed by atoms with Crippen molar-refractivity contribution in [3.05, 3.63) is 82.1 Å². The highest BCUT2D eigenvalue weighted by atomic mass is 35.5. The summed E-state index contributed by atoms with van der Waals surface area (Å²) in [6, 6.07) is 16.3. The van der Waals surface area contributed by atoms with Gasteiger partial charge in [-0.3, -0.25) is 4.79 Å². The number of nitrogens with one attached hydrogen (secondary N) is 1. The lowest BCUT2D eigenvalue weighted by Crippen LogP contribution is -2.28. The van der Waals surface area contributed by atoms with E-state index < -0.39 is 11.9 Å². The molecule has 3 aromatic rings. The van der Waals surface area contributed by atoms with Crippen LogP contribution in [0.5, 0.6) is 0 Å². The van der Waals surface area contributed by atoms with Crippen molar-refractivity contribution < 1.29 is 9.18 Å². The van der Waals surface area contributed by atoms with Crippen molar-refractivity contribution in [3.63, 3.8) is 0 Å². The Hall–Kier alpha value is -2.65. The number of allylic oxidation sites excluding steroid dienone is 1. The second-order valence-corrected chi connectivity index (χ2v) is 7.50. The fraction of sp³-hybridized carbons (Fsp3) is 0.174. The molecule has 3 aromatic carbocycles. The van der Waals surface area contributed by atoms with E-state index in [1.54, 1.807) is 12.1 Å². The Morgan fingerprint density at radius 2 is 1.85 bits per heavy atom. The summed E-state index contributed by atoms with van der Waals surface area (Å²) in [5.41, 5.74) is 4.03. The van der Waals surface area contributed by atoms with Gasteiger partial charge in [0.25, 0.3) is 0 Å². The van der Waals surface area contributed by atoms with Gasteiger partial charge in [-0.15, -0.1) is 0 Å². The first kappa shape index (κ1) is 16.5. The molecule has 0 saturated carbocycles. The Kier molecular flexibility index (Phi) is 3.80. The van der Waals surface area contributed by atoms with Crippen LogP contribution >= 0.6 is 11.6 Å². The molecule has 0 amide bonds. The zero-order valence-electron chi connectivity index (χ0n) is 14.6. The van der Waals surface area contributed by atoms with Gasteiger partial charge in [-0.1, -0.05) is 48.0 Å². The molecular formula is C23H17ClFNO. The number of anilines is 1. The largest absolute Gasteiger partial charge is 0.373 e. The topological polar surface area (TPSA) is 29.1 Å². The second-order valence-electron chi connectivity index (χ2n) is 7.09. The molecule has 5 rings (SSSR count). The Balaban J connectivity index is 1.82. The van der Waals surface area contributed by atoms with Gasteiger partial charge in [0.15, 0.2) is 5.78 Å². The first-order valence-electron chi connectivity index (χ1n) is 9.14. The number of carbonyl (C=O) groups excluding carboxylic acids is 1. The Bertz CT molecular complexity index is 1110. The SMILES string of the molecule is O=C1CCCC2=C1[C@H](c1c(F)cccc1Cl)Nc1ccc3ccccc3c12. The molecule has 1 atom stereocenters. The summed E-state index contributed by atoms with van der Waals surface area (Å²) in [4.78, 5) is 12.9. The summed E-state index contributed by atoms with van der Waals surface area (Å²) in [5.74, 6) is -0.318. The summed E-state index contributed by atoms with van der Waals surface area (Å²) in [6.45, 7) is 0. The summed E-state index contributed by atoms with van der Waals surface area (Å²) in [6.07, 6.45) is 2.12. The van der Waals surface area contributed by atoms with Gasteiger partial charge >= 0.3 is 0 Å². The molecule has 0 fully saturated rings. The van der Waals surface area contributed by atoms with Crippen molar-refractivity contribution in [1.82, 2.24) is 0 Å². The maximum atomic E-state index is 14.7. The number of ketones is 1. The molecule has 1 N–H and O–H groups in total. The lowest BCUT2D eigenvalue weighted by atomic mass is 9.76. The van der Waals surface area contributed by atoms with E-state index in [0.717, 1.165) is 40.4 Å². The fourth-order valence-electron chi connectivity index (χ4n) is 4.41. The minimum Gasteiger partial charge on any atom is -0.373 e. The van der Waals surface area contributed by atoms with Crippen LogP contribution in [0.2, 0.25) is 5.02 Å². The molecule has 0 radical (unpaired) electrons. The number of benzene rings is 3. The summed E-state index contributed by atoms with van der Waals surface area (Å²) in [5, 5.41) is 5.99. The third kappa shape index (κ3) is 2.49. The summed E-state index contributed by atoms with van der Waals surface area (Å²) >= 11 is 6.35. The summed E-state index contributed by atoms with van der Waals surface area (Å²) in [7, 11) is 0. The Morgan fingerprint density at radius 3 is 2.70 bits per heavy atom. The minimum absolute atomic E-state index is 0.0756. The Morgan fingerprint density at radius 1 is 1.00 bits per heavy atom. The molecule has 4 heteroatoms. The highest BCUT2D eigenvalue weighted by Gasteiger charge is 2.36. The molecule has 2 nitrogen and oxygen atoms in total. The normalized spacial score (nSPS) is 18.9. The Labute approximate surface area is 161 Å². The van der Waals surface area contributed by atoms with Gasteiger partial charge in [-0.25, -0.2) is 4.39 Å². The van der Waals surface area contributed by atoms with Crippen LogP contribution in [-0.2, 0) is 4.79 Å². The van der Waals surface area contributed by atoms with Crippen molar-refractivity contribution in [2.24, 2.45) is 0 Å². The van der Waals surface area contributed by atoms with E-state index in [9.17, 15) is 9.18 Å². The molecule has 0 unspecified atom stereocenters. The monoisotopic (exact) mass is 377 g/mol. The van der Waals surface area contributed by atoms with Crippen LogP contribution in [0.25, 0.3) is 16.3 Å². The average Bonchev–Trinajstić information content (AvgIpc) is 2.67. The van der Waals surface area contributed by atoms with Gasteiger partial charge in [0, 0.05) is 33.8 Å². The van der Waals surface area contributed by atoms with Crippen molar-refractivity contribution in [2.75, 3.05) is 5.32 Å². The average molecular weight is 378 g/mol. The molecule has 0 aromatic heterocycles. The lowest BCUT2D eigenvalue weighted by Gasteiger charge is -2.35. The van der Waals surface area contributed by atoms with Gasteiger partial charge in [0.1, 0.15) is 5.82 Å². The maximum Gasteiger partial charge on any atom is 0.161 e. The van der Waals surface area contributed by atoms with Crippen molar-refractivity contribution in [3.8, 4) is 0 Å². The predicted octanol–water partition coefficient (Wildman–Crippen LogP) is 6.31. The third-order valence-electron chi connectivity index (χ3n) is 5.56. The molecular weight excluding hydrogens is 361 g/mol. The van der Waals surface area contributed by atoms with Crippen LogP contribution in [0.3, 0.4) is 0 Å². The van der Waals surface area contributed by atoms with E-state index in [-0.39, 0.29) is 5.78 Å². The number of Topliss-reactive ketones (excluding diaryl/α,β-unsaturated/α-hetero) is 1. The minimum atomic E-state index is -0.560. The maximum absolute atomic E-state index is 14.7. The fourth-order valence-corrected chi connectivity index (χ4v) is 4.68. The summed E-state index contributed by atoms with van der Waals surface area (Å²) < 4.78 is 14.7. The zero-order chi connectivity index (χ0) is 18.5. The van der Waals surface area contributed by atoms with Crippen LogP contribution in [0.4, 0.5) is 10.1 Å². The first-order valence-corrected chi connectivity index (χ1v) is 9.52. The van der Waals surface area contributed by atoms with Crippen molar-refractivity contribution >= 4 is 39.4 Å². The molecule has 1 heterocycles. The molecule has 134 valence electrons. The van der Waals surface area contributed by atoms with Crippen LogP contribution in [0.1, 0.15) is 36.4 Å². The van der Waals surface area contributed by atoms with E-state index in [0.29, 0.717) is 22.6 Å². The van der Waals surface area contributed by atoms with Gasteiger partial charge in [0.05, 0.1) is 6.04 Å². The van der Waals surface area contributed by atoms with Crippen LogP contribution in [-0.4, -0.2) is 5.78 Å². The van der Waals surface area contributed by atoms with Gasteiger partial charge in [-0.2, -0.15) is 0 Å². The van der Waals surface area contributed by atoms with E-state index in [4.69, 9.17) is 11.6 Å².